The summed E-state index contributed by atoms with van der Waals surface area (Å²) in [6, 6.07) is 0.587. The summed E-state index contributed by atoms with van der Waals surface area (Å²) in [5.41, 5.74) is 6.58. The summed E-state index contributed by atoms with van der Waals surface area (Å²) in [5.74, 6) is 32.5. The Kier molecular flexibility index (Phi) is 1.95. The molecule has 13 fully saturated rings. The van der Waals surface area contributed by atoms with E-state index < -0.39 is 0 Å². The van der Waals surface area contributed by atoms with Crippen LogP contribution >= 0.6 is 0 Å². The number of hydrogen-bond donors (Lipinski definition) is 1. The second-order valence-electron chi connectivity index (χ2n) is 17.0. The van der Waals surface area contributed by atoms with E-state index in [4.69, 9.17) is 5.73 Å². The van der Waals surface area contributed by atoms with Gasteiger partial charge in [0, 0.05) is 6.04 Å². The standard InChI is InChI=1S/C31H39N/c1-4-5(2)8-7(4)10-11(8)14-13(10)16-17(14)20-19(16)22-23(20)25-24(22)21-18-15-12-9-6(3)31(32)30(9)29(12)28(15)27(18)26(21)25/h4-31H,32H2,1-3H3. The van der Waals surface area contributed by atoms with Crippen molar-refractivity contribution in [2.75, 3.05) is 0 Å². The van der Waals surface area contributed by atoms with Crippen molar-refractivity contribution in [3.8, 4) is 0 Å². The van der Waals surface area contributed by atoms with E-state index in [1.807, 2.05) is 0 Å². The Hall–Kier alpha value is -0.0400. The van der Waals surface area contributed by atoms with E-state index in [0.717, 1.165) is 35.5 Å². The fourth-order valence-corrected chi connectivity index (χ4v) is 18.5. The third kappa shape index (κ3) is 0.982. The summed E-state index contributed by atoms with van der Waals surface area (Å²) in [6.45, 7) is 7.69. The van der Waals surface area contributed by atoms with Gasteiger partial charge in [-0.05, 0) is 160 Å². The highest BCUT2D eigenvalue weighted by Crippen LogP contribution is 2.98. The highest BCUT2D eigenvalue weighted by atomic mass is 15.0. The predicted octanol–water partition coefficient (Wildman–Crippen LogP) is 4.19. The Balaban J connectivity index is 0.793. The zero-order chi connectivity index (χ0) is 20.2. The minimum absolute atomic E-state index is 0.587. The molecule has 0 aromatic carbocycles. The molecule has 0 bridgehead atoms. The highest BCUT2D eigenvalue weighted by molar-refractivity contribution is 5.42. The Morgan fingerprint density at radius 3 is 0.719 bits per heavy atom. The molecule has 13 aliphatic carbocycles. The molecule has 28 unspecified atom stereocenters. The topological polar surface area (TPSA) is 26.0 Å². The first-order valence-corrected chi connectivity index (χ1v) is 15.4. The van der Waals surface area contributed by atoms with Gasteiger partial charge in [-0.1, -0.05) is 20.8 Å². The van der Waals surface area contributed by atoms with Gasteiger partial charge in [0.25, 0.3) is 0 Å². The maximum atomic E-state index is 6.58. The maximum Gasteiger partial charge on any atom is 0.0102 e. The molecule has 168 valence electrons. The normalized spacial score (nSPS) is 94.9. The van der Waals surface area contributed by atoms with Crippen LogP contribution in [0.2, 0.25) is 0 Å². The number of nitrogens with two attached hydrogens (primary N) is 1. The van der Waals surface area contributed by atoms with E-state index in [-0.39, 0.29) is 0 Å². The third-order valence-corrected chi connectivity index (χ3v) is 18.8. The van der Waals surface area contributed by atoms with E-state index in [0.29, 0.717) is 6.04 Å². The summed E-state index contributed by atoms with van der Waals surface area (Å²) in [5, 5.41) is 0. The highest BCUT2D eigenvalue weighted by Gasteiger charge is 2.95. The fourth-order valence-electron chi connectivity index (χ4n) is 18.5. The summed E-state index contributed by atoms with van der Waals surface area (Å²) in [6.07, 6.45) is 0. The lowest BCUT2D eigenvalue weighted by Crippen LogP contribution is -2.96. The van der Waals surface area contributed by atoms with Crippen LogP contribution in [0.1, 0.15) is 20.8 Å². The average molecular weight is 426 g/mol. The first-order valence-electron chi connectivity index (χ1n) is 15.4. The zero-order valence-corrected chi connectivity index (χ0v) is 19.7. The van der Waals surface area contributed by atoms with Crippen molar-refractivity contribution >= 4 is 0 Å². The van der Waals surface area contributed by atoms with Crippen LogP contribution in [-0.2, 0) is 0 Å². The predicted molar refractivity (Wildman–Crippen MR) is 119 cm³/mol. The molecular formula is C31H39N. The van der Waals surface area contributed by atoms with E-state index in [2.05, 4.69) is 20.8 Å². The SMILES string of the molecule is CC1C(C)C2C1C1C2C2C1C1C2C2C1C1C2C2C3C4C5C6C7C(N)C(C)C7C6C5C4C3C12. The van der Waals surface area contributed by atoms with Gasteiger partial charge in [0.1, 0.15) is 0 Å². The second kappa shape index (κ2) is 3.94. The molecule has 1 heteroatoms. The number of fused-ring (bicyclic) bond motifs is 34. The largest absolute Gasteiger partial charge is 0.327 e. The van der Waals surface area contributed by atoms with Gasteiger partial charge < -0.3 is 5.73 Å². The molecule has 28 atom stereocenters. The Labute approximate surface area is 192 Å². The minimum atomic E-state index is 0.587. The lowest BCUT2D eigenvalue weighted by Gasteiger charge is -2.99. The minimum Gasteiger partial charge on any atom is -0.327 e. The van der Waals surface area contributed by atoms with Crippen LogP contribution < -0.4 is 5.73 Å². The molecule has 32 heavy (non-hydrogen) atoms. The van der Waals surface area contributed by atoms with Crippen molar-refractivity contribution in [3.63, 3.8) is 0 Å². The van der Waals surface area contributed by atoms with E-state index in [1.165, 1.54) is 124 Å². The molecule has 0 heterocycles. The molecule has 0 aromatic heterocycles. The van der Waals surface area contributed by atoms with Crippen LogP contribution in [0.3, 0.4) is 0 Å². The molecule has 13 saturated carbocycles. The molecule has 1 nitrogen and oxygen atoms in total. The third-order valence-electron chi connectivity index (χ3n) is 18.8. The van der Waals surface area contributed by atoms with Gasteiger partial charge in [-0.3, -0.25) is 0 Å². The fraction of sp³-hybridized carbons (Fsp3) is 1.00. The molecule has 0 saturated heterocycles. The van der Waals surface area contributed by atoms with Crippen LogP contribution in [0.5, 0.6) is 0 Å². The monoisotopic (exact) mass is 425 g/mol. The summed E-state index contributed by atoms with van der Waals surface area (Å²) >= 11 is 0. The van der Waals surface area contributed by atoms with Crippen molar-refractivity contribution in [1.29, 1.82) is 0 Å². The van der Waals surface area contributed by atoms with Crippen LogP contribution in [0.25, 0.3) is 0 Å². The van der Waals surface area contributed by atoms with E-state index in [9.17, 15) is 0 Å². The summed E-state index contributed by atoms with van der Waals surface area (Å²) in [7, 11) is 0. The van der Waals surface area contributed by atoms with Crippen molar-refractivity contribution in [2.24, 2.45) is 166 Å². The smallest absolute Gasteiger partial charge is 0.0102 e. The van der Waals surface area contributed by atoms with Crippen LogP contribution in [0.4, 0.5) is 0 Å². The van der Waals surface area contributed by atoms with E-state index in [1.54, 1.807) is 0 Å². The molecule has 0 aromatic rings. The van der Waals surface area contributed by atoms with Crippen molar-refractivity contribution in [2.45, 2.75) is 26.8 Å². The Morgan fingerprint density at radius 2 is 0.438 bits per heavy atom. The van der Waals surface area contributed by atoms with Crippen molar-refractivity contribution in [3.05, 3.63) is 0 Å². The van der Waals surface area contributed by atoms with Gasteiger partial charge in [-0.2, -0.15) is 0 Å². The van der Waals surface area contributed by atoms with Gasteiger partial charge in [0.05, 0.1) is 0 Å². The zero-order valence-electron chi connectivity index (χ0n) is 19.7. The molecule has 0 aliphatic heterocycles. The first-order chi connectivity index (χ1) is 15.6. The van der Waals surface area contributed by atoms with Gasteiger partial charge in [0.15, 0.2) is 0 Å². The van der Waals surface area contributed by atoms with Gasteiger partial charge in [-0.15, -0.1) is 0 Å². The first kappa shape index (κ1) is 15.9. The molecule has 0 amide bonds. The Morgan fingerprint density at radius 1 is 0.250 bits per heavy atom. The van der Waals surface area contributed by atoms with Crippen LogP contribution in [0.15, 0.2) is 0 Å². The van der Waals surface area contributed by atoms with Crippen molar-refractivity contribution < 1.29 is 0 Å². The summed E-state index contributed by atoms with van der Waals surface area (Å²) in [4.78, 5) is 0. The molecule has 2 N–H and O–H groups in total. The van der Waals surface area contributed by atoms with Gasteiger partial charge in [-0.25, -0.2) is 0 Å². The number of rotatable bonds is 0. The molecule has 0 radical (unpaired) electrons. The lowest BCUT2D eigenvalue weighted by molar-refractivity contribution is -0.525. The molecule has 13 aliphatic rings. The van der Waals surface area contributed by atoms with Crippen molar-refractivity contribution in [1.82, 2.24) is 0 Å². The van der Waals surface area contributed by atoms with Crippen LogP contribution in [0, 0.1) is 160 Å². The molecule has 0 spiro atoms. The van der Waals surface area contributed by atoms with Gasteiger partial charge in [0.2, 0.25) is 0 Å². The second-order valence-corrected chi connectivity index (χ2v) is 17.0. The number of hydrogen-bond acceptors (Lipinski definition) is 1. The van der Waals surface area contributed by atoms with Crippen LogP contribution in [-0.4, -0.2) is 6.04 Å². The lowest BCUT2D eigenvalue weighted by atomic mass is 9.05. The molecule has 13 rings (SSSR count). The average Bonchev–Trinajstić information content (AvgIpc) is 2.73. The maximum absolute atomic E-state index is 6.58. The van der Waals surface area contributed by atoms with E-state index >= 15 is 0 Å². The quantitative estimate of drug-likeness (QED) is 0.579. The molecular weight excluding hydrogens is 386 g/mol. The summed E-state index contributed by atoms with van der Waals surface area (Å²) < 4.78 is 0. The Bertz CT molecular complexity index is 904. The van der Waals surface area contributed by atoms with Gasteiger partial charge >= 0.3 is 0 Å².